The lowest BCUT2D eigenvalue weighted by atomic mass is 10.1. The average Bonchev–Trinajstić information content (AvgIpc) is 2.86. The molecule has 0 fully saturated rings. The number of hydrogen-bond donors (Lipinski definition) is 1. The van der Waals surface area contributed by atoms with E-state index in [0.29, 0.717) is 45.2 Å². The summed E-state index contributed by atoms with van der Waals surface area (Å²) in [7, 11) is -2.49. The van der Waals surface area contributed by atoms with Crippen LogP contribution in [0, 0.1) is 0 Å². The van der Waals surface area contributed by atoms with Gasteiger partial charge in [-0.25, -0.2) is 9.59 Å². The first-order valence-electron chi connectivity index (χ1n) is 14.1. The van der Waals surface area contributed by atoms with Crippen LogP contribution in [0.2, 0.25) is 6.04 Å². The number of esters is 1. The van der Waals surface area contributed by atoms with E-state index in [2.05, 4.69) is 11.9 Å². The standard InChI is InChI=1S/C27H53NO8Si/c1-7-34-37(35-8-2,36-9-3)22-18-16-14-12-10-11-13-15-17-20-32-27(30)28-19-21-31-25(6)23-33-26(29)24(4)5/h25H,4,7-23H2,1-3,5-6H3,(H,28,30). The molecule has 0 spiro atoms. The van der Waals surface area contributed by atoms with Crippen LogP contribution in [0.1, 0.15) is 92.4 Å². The summed E-state index contributed by atoms with van der Waals surface area (Å²) in [6.45, 7) is 16.0. The van der Waals surface area contributed by atoms with Crippen molar-refractivity contribution in [1.82, 2.24) is 5.32 Å². The molecule has 1 amide bonds. The monoisotopic (exact) mass is 547 g/mol. The van der Waals surface area contributed by atoms with Crippen molar-refractivity contribution in [3.05, 3.63) is 12.2 Å². The molecule has 9 nitrogen and oxygen atoms in total. The lowest BCUT2D eigenvalue weighted by Crippen LogP contribution is -2.45. The fraction of sp³-hybridized carbons (Fsp3) is 0.852. The van der Waals surface area contributed by atoms with Crippen molar-refractivity contribution in [2.45, 2.75) is 105 Å². The minimum atomic E-state index is -2.49. The molecular weight excluding hydrogens is 494 g/mol. The fourth-order valence-electron chi connectivity index (χ4n) is 3.68. The second kappa shape index (κ2) is 23.6. The molecule has 10 heteroatoms. The zero-order chi connectivity index (χ0) is 27.8. The van der Waals surface area contributed by atoms with Crippen molar-refractivity contribution in [3.63, 3.8) is 0 Å². The summed E-state index contributed by atoms with van der Waals surface area (Å²) in [5.74, 6) is -0.435. The van der Waals surface area contributed by atoms with Gasteiger partial charge in [-0.1, -0.05) is 51.5 Å². The Labute approximate surface area is 226 Å². The van der Waals surface area contributed by atoms with E-state index in [1.807, 2.05) is 20.8 Å². The van der Waals surface area contributed by atoms with Crippen molar-refractivity contribution in [1.29, 1.82) is 0 Å². The number of carbonyl (C=O) groups excluding carboxylic acids is 2. The second-order valence-corrected chi connectivity index (χ2v) is 11.8. The van der Waals surface area contributed by atoms with Crippen LogP contribution in [-0.4, -0.2) is 73.2 Å². The van der Waals surface area contributed by atoms with Crippen LogP contribution in [0.5, 0.6) is 0 Å². The Morgan fingerprint density at radius 2 is 1.30 bits per heavy atom. The minimum absolute atomic E-state index is 0.148. The molecule has 0 aromatic carbocycles. The Morgan fingerprint density at radius 3 is 1.81 bits per heavy atom. The van der Waals surface area contributed by atoms with Crippen molar-refractivity contribution in [2.75, 3.05) is 46.2 Å². The number of hydrogen-bond acceptors (Lipinski definition) is 8. The van der Waals surface area contributed by atoms with Crippen LogP contribution in [0.4, 0.5) is 4.79 Å². The predicted molar refractivity (Wildman–Crippen MR) is 148 cm³/mol. The number of amides is 1. The molecule has 0 aromatic rings. The number of rotatable bonds is 25. The SMILES string of the molecule is C=C(C)C(=O)OCC(C)OCCNC(=O)OCCCCCCCCCCC[Si](OCC)(OCC)OCC. The number of alkyl carbamates (subject to hydrolysis) is 1. The third kappa shape index (κ3) is 20.2. The van der Waals surface area contributed by atoms with Crippen LogP contribution in [0.25, 0.3) is 0 Å². The van der Waals surface area contributed by atoms with Gasteiger partial charge in [0, 0.05) is 38.0 Å². The highest BCUT2D eigenvalue weighted by molar-refractivity contribution is 6.60. The summed E-state index contributed by atoms with van der Waals surface area (Å²) in [5, 5.41) is 2.66. The maximum absolute atomic E-state index is 11.7. The van der Waals surface area contributed by atoms with Gasteiger partial charge in [-0.2, -0.15) is 0 Å². The first-order valence-corrected chi connectivity index (χ1v) is 16.0. The molecule has 0 aromatic heterocycles. The van der Waals surface area contributed by atoms with Gasteiger partial charge in [-0.05, 0) is 47.5 Å². The van der Waals surface area contributed by atoms with Crippen LogP contribution >= 0.6 is 0 Å². The molecule has 0 saturated heterocycles. The molecular formula is C27H53NO8Si. The molecule has 0 saturated carbocycles. The number of ether oxygens (including phenoxy) is 3. The molecule has 218 valence electrons. The minimum Gasteiger partial charge on any atom is -0.460 e. The summed E-state index contributed by atoms with van der Waals surface area (Å²) in [4.78, 5) is 23.1. The van der Waals surface area contributed by atoms with E-state index < -0.39 is 20.9 Å². The van der Waals surface area contributed by atoms with E-state index in [0.717, 1.165) is 31.7 Å². The molecule has 1 unspecified atom stereocenters. The lowest BCUT2D eigenvalue weighted by Gasteiger charge is -2.28. The summed E-state index contributed by atoms with van der Waals surface area (Å²) in [6.07, 6.45) is 9.55. The largest absolute Gasteiger partial charge is 0.500 e. The van der Waals surface area contributed by atoms with E-state index in [1.54, 1.807) is 13.8 Å². The summed E-state index contributed by atoms with van der Waals surface area (Å²) >= 11 is 0. The highest BCUT2D eigenvalue weighted by atomic mass is 28.4. The molecule has 1 atom stereocenters. The first kappa shape index (κ1) is 35.5. The van der Waals surface area contributed by atoms with E-state index in [4.69, 9.17) is 27.5 Å². The van der Waals surface area contributed by atoms with Gasteiger partial charge in [-0.3, -0.25) is 0 Å². The zero-order valence-electron chi connectivity index (χ0n) is 24.1. The van der Waals surface area contributed by atoms with Gasteiger partial charge >= 0.3 is 20.9 Å². The third-order valence-electron chi connectivity index (χ3n) is 5.52. The van der Waals surface area contributed by atoms with Gasteiger partial charge < -0.3 is 32.8 Å². The molecule has 0 rings (SSSR count). The lowest BCUT2D eigenvalue weighted by molar-refractivity contribution is -0.142. The number of carbonyl (C=O) groups is 2. The predicted octanol–water partition coefficient (Wildman–Crippen LogP) is 5.80. The summed E-state index contributed by atoms with van der Waals surface area (Å²) in [5.41, 5.74) is 0.352. The molecule has 0 aliphatic carbocycles. The van der Waals surface area contributed by atoms with Gasteiger partial charge in [0.15, 0.2) is 0 Å². The molecule has 0 bridgehead atoms. The van der Waals surface area contributed by atoms with Crippen LogP contribution < -0.4 is 5.32 Å². The molecule has 0 radical (unpaired) electrons. The highest BCUT2D eigenvalue weighted by Crippen LogP contribution is 2.21. The maximum Gasteiger partial charge on any atom is 0.500 e. The van der Waals surface area contributed by atoms with Crippen LogP contribution in [0.15, 0.2) is 12.2 Å². The average molecular weight is 548 g/mol. The van der Waals surface area contributed by atoms with E-state index in [-0.39, 0.29) is 12.7 Å². The fourth-order valence-corrected chi connectivity index (χ4v) is 6.36. The Balaban J connectivity index is 3.59. The van der Waals surface area contributed by atoms with Crippen molar-refractivity contribution < 1.29 is 37.1 Å². The van der Waals surface area contributed by atoms with Gasteiger partial charge in [0.2, 0.25) is 0 Å². The molecule has 0 aliphatic heterocycles. The highest BCUT2D eigenvalue weighted by Gasteiger charge is 2.39. The van der Waals surface area contributed by atoms with Crippen molar-refractivity contribution >= 4 is 20.9 Å². The molecule has 0 heterocycles. The van der Waals surface area contributed by atoms with Crippen molar-refractivity contribution in [2.24, 2.45) is 0 Å². The van der Waals surface area contributed by atoms with E-state index in [9.17, 15) is 9.59 Å². The van der Waals surface area contributed by atoms with Crippen molar-refractivity contribution in [3.8, 4) is 0 Å². The Kier molecular flexibility index (Phi) is 22.7. The van der Waals surface area contributed by atoms with Gasteiger partial charge in [0.25, 0.3) is 0 Å². The third-order valence-corrected chi connectivity index (χ3v) is 8.68. The number of nitrogens with one attached hydrogen (secondary N) is 1. The van der Waals surface area contributed by atoms with Gasteiger partial charge in [0.05, 0.1) is 19.3 Å². The number of unbranched alkanes of at least 4 members (excludes halogenated alkanes) is 8. The second-order valence-electron chi connectivity index (χ2n) is 9.04. The smallest absolute Gasteiger partial charge is 0.460 e. The van der Waals surface area contributed by atoms with Crippen LogP contribution in [-0.2, 0) is 32.3 Å². The molecule has 0 aliphatic rings. The normalized spacial score (nSPS) is 12.2. The Morgan fingerprint density at radius 1 is 0.784 bits per heavy atom. The summed E-state index contributed by atoms with van der Waals surface area (Å²) < 4.78 is 33.4. The van der Waals surface area contributed by atoms with Gasteiger partial charge in [-0.15, -0.1) is 0 Å². The maximum atomic E-state index is 11.7. The van der Waals surface area contributed by atoms with Crippen LogP contribution in [0.3, 0.4) is 0 Å². The Bertz CT molecular complexity index is 588. The van der Waals surface area contributed by atoms with E-state index >= 15 is 0 Å². The zero-order valence-corrected chi connectivity index (χ0v) is 25.1. The molecule has 1 N–H and O–H groups in total. The first-order chi connectivity index (χ1) is 17.8. The van der Waals surface area contributed by atoms with E-state index in [1.165, 1.54) is 32.1 Å². The van der Waals surface area contributed by atoms with Gasteiger partial charge in [0.1, 0.15) is 6.61 Å². The summed E-state index contributed by atoms with van der Waals surface area (Å²) in [6, 6.07) is 0.898. The molecule has 37 heavy (non-hydrogen) atoms. The quantitative estimate of drug-likeness (QED) is 0.0663. The Hall–Kier alpha value is -1.46. The topological polar surface area (TPSA) is 102 Å².